The van der Waals surface area contributed by atoms with Crippen LogP contribution >= 0.6 is 0 Å². The van der Waals surface area contributed by atoms with Crippen LogP contribution in [-0.2, 0) is 9.59 Å². The summed E-state index contributed by atoms with van der Waals surface area (Å²) in [5.41, 5.74) is 0.574. The van der Waals surface area contributed by atoms with Crippen molar-refractivity contribution in [1.29, 1.82) is 0 Å². The average Bonchev–Trinajstić information content (AvgIpc) is 2.59. The standard InChI is InChI=1S/C19H21NO4/c1-19(2,18(22)23)20(3)17(21)13-24-16-12-8-7-11-15(16)14-9-5-4-6-10-14/h4-12H,13H2,1-3H3,(H,22,23). The van der Waals surface area contributed by atoms with Crippen LogP contribution in [-0.4, -0.2) is 41.1 Å². The topological polar surface area (TPSA) is 66.8 Å². The van der Waals surface area contributed by atoms with Gasteiger partial charge in [-0.2, -0.15) is 0 Å². The van der Waals surface area contributed by atoms with Gasteiger partial charge in [-0.25, -0.2) is 4.79 Å². The molecule has 5 heteroatoms. The molecule has 1 amide bonds. The van der Waals surface area contributed by atoms with E-state index in [1.807, 2.05) is 48.5 Å². The molecule has 24 heavy (non-hydrogen) atoms. The molecule has 0 saturated carbocycles. The third kappa shape index (κ3) is 3.74. The third-order valence-corrected chi connectivity index (χ3v) is 4.06. The van der Waals surface area contributed by atoms with Crippen LogP contribution in [0.5, 0.6) is 5.75 Å². The van der Waals surface area contributed by atoms with Crippen LogP contribution in [0.25, 0.3) is 11.1 Å². The second-order valence-electron chi connectivity index (χ2n) is 5.97. The van der Waals surface area contributed by atoms with E-state index in [1.165, 1.54) is 25.8 Å². The van der Waals surface area contributed by atoms with Crippen LogP contribution in [0.15, 0.2) is 54.6 Å². The second kappa shape index (κ2) is 7.17. The first-order chi connectivity index (χ1) is 11.3. The smallest absolute Gasteiger partial charge is 0.329 e. The number of nitrogens with zero attached hydrogens (tertiary/aromatic N) is 1. The molecule has 5 nitrogen and oxygen atoms in total. The van der Waals surface area contributed by atoms with Crippen LogP contribution in [0.1, 0.15) is 13.8 Å². The maximum Gasteiger partial charge on any atom is 0.329 e. The first-order valence-corrected chi connectivity index (χ1v) is 7.61. The molecule has 0 aliphatic rings. The number of benzene rings is 2. The minimum Gasteiger partial charge on any atom is -0.483 e. The van der Waals surface area contributed by atoms with Crippen molar-refractivity contribution < 1.29 is 19.4 Å². The quantitative estimate of drug-likeness (QED) is 0.885. The highest BCUT2D eigenvalue weighted by molar-refractivity contribution is 5.87. The van der Waals surface area contributed by atoms with Gasteiger partial charge in [0.2, 0.25) is 0 Å². The number of aliphatic carboxylic acids is 1. The van der Waals surface area contributed by atoms with Crippen molar-refractivity contribution in [3.8, 4) is 16.9 Å². The summed E-state index contributed by atoms with van der Waals surface area (Å²) < 4.78 is 5.67. The summed E-state index contributed by atoms with van der Waals surface area (Å²) in [5.74, 6) is -0.883. The normalized spacial score (nSPS) is 11.0. The number of rotatable bonds is 6. The molecule has 0 radical (unpaired) electrons. The lowest BCUT2D eigenvalue weighted by Crippen LogP contribution is -2.52. The Morgan fingerprint density at radius 2 is 1.62 bits per heavy atom. The Kier molecular flexibility index (Phi) is 5.24. The molecule has 2 aromatic rings. The number of carbonyl (C=O) groups excluding carboxylic acids is 1. The van der Waals surface area contributed by atoms with Crippen molar-refractivity contribution >= 4 is 11.9 Å². The van der Waals surface area contributed by atoms with Gasteiger partial charge in [0, 0.05) is 12.6 Å². The van der Waals surface area contributed by atoms with Gasteiger partial charge in [0.15, 0.2) is 6.61 Å². The van der Waals surface area contributed by atoms with Crippen molar-refractivity contribution in [3.63, 3.8) is 0 Å². The van der Waals surface area contributed by atoms with Gasteiger partial charge in [0.1, 0.15) is 11.3 Å². The fourth-order valence-electron chi connectivity index (χ4n) is 2.14. The Labute approximate surface area is 141 Å². The monoisotopic (exact) mass is 327 g/mol. The van der Waals surface area contributed by atoms with Crippen molar-refractivity contribution in [2.45, 2.75) is 19.4 Å². The summed E-state index contributed by atoms with van der Waals surface area (Å²) in [4.78, 5) is 24.7. The summed E-state index contributed by atoms with van der Waals surface area (Å²) >= 11 is 0. The van der Waals surface area contributed by atoms with Gasteiger partial charge in [0.05, 0.1) is 0 Å². The lowest BCUT2D eigenvalue weighted by atomic mass is 10.0. The highest BCUT2D eigenvalue weighted by atomic mass is 16.5. The molecule has 1 N–H and O–H groups in total. The number of amides is 1. The molecule has 0 unspecified atom stereocenters. The van der Waals surface area contributed by atoms with E-state index in [1.54, 1.807) is 6.07 Å². The summed E-state index contributed by atoms with van der Waals surface area (Å²) in [6, 6.07) is 17.2. The summed E-state index contributed by atoms with van der Waals surface area (Å²) in [5, 5.41) is 9.20. The Bertz CT molecular complexity index is 725. The summed E-state index contributed by atoms with van der Waals surface area (Å²) in [6.45, 7) is 2.73. The van der Waals surface area contributed by atoms with Crippen LogP contribution in [0.2, 0.25) is 0 Å². The summed E-state index contributed by atoms with van der Waals surface area (Å²) in [6.07, 6.45) is 0. The van der Waals surface area contributed by atoms with Gasteiger partial charge < -0.3 is 14.7 Å². The molecule has 0 atom stereocenters. The number of hydrogen-bond acceptors (Lipinski definition) is 3. The van der Waals surface area contributed by atoms with Gasteiger partial charge in [0.25, 0.3) is 5.91 Å². The van der Waals surface area contributed by atoms with Crippen molar-refractivity contribution in [1.82, 2.24) is 4.90 Å². The maximum atomic E-state index is 12.3. The fraction of sp³-hybridized carbons (Fsp3) is 0.263. The largest absolute Gasteiger partial charge is 0.483 e. The minimum absolute atomic E-state index is 0.225. The molecule has 0 spiro atoms. The number of ether oxygens (including phenoxy) is 1. The van der Waals surface area contributed by atoms with Crippen LogP contribution < -0.4 is 4.74 Å². The summed E-state index contributed by atoms with van der Waals surface area (Å²) in [7, 11) is 1.46. The molecule has 2 rings (SSSR count). The first kappa shape index (κ1) is 17.5. The highest BCUT2D eigenvalue weighted by Gasteiger charge is 2.35. The van der Waals surface area contributed by atoms with E-state index in [9.17, 15) is 14.7 Å². The third-order valence-electron chi connectivity index (χ3n) is 4.06. The molecule has 0 bridgehead atoms. The first-order valence-electron chi connectivity index (χ1n) is 7.61. The van der Waals surface area contributed by atoms with Gasteiger partial charge in [-0.1, -0.05) is 48.5 Å². The van der Waals surface area contributed by atoms with Gasteiger partial charge in [-0.05, 0) is 25.5 Å². The second-order valence-corrected chi connectivity index (χ2v) is 5.97. The molecular formula is C19H21NO4. The molecule has 126 valence electrons. The molecule has 0 saturated heterocycles. The average molecular weight is 327 g/mol. The number of para-hydroxylation sites is 1. The van der Waals surface area contributed by atoms with Gasteiger partial charge >= 0.3 is 5.97 Å². The van der Waals surface area contributed by atoms with Crippen LogP contribution in [0.4, 0.5) is 0 Å². The highest BCUT2D eigenvalue weighted by Crippen LogP contribution is 2.29. The molecule has 0 aliphatic carbocycles. The van der Waals surface area contributed by atoms with E-state index in [0.717, 1.165) is 11.1 Å². The lowest BCUT2D eigenvalue weighted by molar-refractivity contribution is -0.156. The zero-order chi connectivity index (χ0) is 17.7. The molecule has 0 aromatic heterocycles. The van der Waals surface area contributed by atoms with E-state index in [-0.39, 0.29) is 6.61 Å². The van der Waals surface area contributed by atoms with E-state index < -0.39 is 17.4 Å². The van der Waals surface area contributed by atoms with Gasteiger partial charge in [-0.15, -0.1) is 0 Å². The predicted octanol–water partition coefficient (Wildman–Crippen LogP) is 3.05. The number of hydrogen-bond donors (Lipinski definition) is 1. The van der Waals surface area contributed by atoms with Crippen molar-refractivity contribution in [2.75, 3.05) is 13.7 Å². The van der Waals surface area contributed by atoms with E-state index >= 15 is 0 Å². The fourth-order valence-corrected chi connectivity index (χ4v) is 2.14. The zero-order valence-corrected chi connectivity index (χ0v) is 14.0. The van der Waals surface area contributed by atoms with Gasteiger partial charge in [-0.3, -0.25) is 4.79 Å². The Morgan fingerprint density at radius 1 is 1.04 bits per heavy atom. The van der Waals surface area contributed by atoms with Crippen molar-refractivity contribution in [3.05, 3.63) is 54.6 Å². The maximum absolute atomic E-state index is 12.3. The Hall–Kier alpha value is -2.82. The molecular weight excluding hydrogens is 306 g/mol. The van der Waals surface area contributed by atoms with Crippen LogP contribution in [0, 0.1) is 0 Å². The van der Waals surface area contributed by atoms with E-state index in [4.69, 9.17) is 4.74 Å². The Morgan fingerprint density at radius 3 is 2.25 bits per heavy atom. The molecule has 0 heterocycles. The zero-order valence-electron chi connectivity index (χ0n) is 14.0. The lowest BCUT2D eigenvalue weighted by Gasteiger charge is -2.31. The van der Waals surface area contributed by atoms with Crippen LogP contribution in [0.3, 0.4) is 0 Å². The van der Waals surface area contributed by atoms with E-state index in [2.05, 4.69) is 0 Å². The molecule has 0 fully saturated rings. The number of carboxylic acid groups (broad SMARTS) is 1. The molecule has 0 aliphatic heterocycles. The number of carboxylic acids is 1. The van der Waals surface area contributed by atoms with Crippen molar-refractivity contribution in [2.24, 2.45) is 0 Å². The van der Waals surface area contributed by atoms with E-state index in [0.29, 0.717) is 5.75 Å². The predicted molar refractivity (Wildman–Crippen MR) is 91.9 cm³/mol. The SMILES string of the molecule is CN(C(=O)COc1ccccc1-c1ccccc1)C(C)(C)C(=O)O. The Balaban J connectivity index is 2.13. The number of likely N-dealkylation sites (N-methyl/N-ethyl adjacent to an activating group) is 1. The minimum atomic E-state index is -1.29. The molecule has 2 aromatic carbocycles. The number of carbonyl (C=O) groups is 2.